The van der Waals surface area contributed by atoms with Gasteiger partial charge < -0.3 is 15.0 Å². The first-order chi connectivity index (χ1) is 14.0. The van der Waals surface area contributed by atoms with Gasteiger partial charge in [0.05, 0.1) is 29.1 Å². The lowest BCUT2D eigenvalue weighted by molar-refractivity contribution is -0.129. The number of likely N-dealkylation sites (tertiary alicyclic amines) is 1. The molecule has 0 bridgehead atoms. The zero-order valence-corrected chi connectivity index (χ0v) is 16.9. The third-order valence-electron chi connectivity index (χ3n) is 4.89. The molecule has 1 aliphatic heterocycles. The lowest BCUT2D eigenvalue weighted by Gasteiger charge is -2.32. The van der Waals surface area contributed by atoms with Crippen LogP contribution in [-0.2, 0) is 9.53 Å². The Bertz CT molecular complexity index is 1060. The summed E-state index contributed by atoms with van der Waals surface area (Å²) in [4.78, 5) is 43.0. The van der Waals surface area contributed by atoms with E-state index in [4.69, 9.17) is 4.74 Å². The number of pyridine rings is 1. The van der Waals surface area contributed by atoms with Crippen LogP contribution in [0.1, 0.15) is 30.3 Å². The second-order valence-electron chi connectivity index (χ2n) is 6.77. The van der Waals surface area contributed by atoms with Crippen LogP contribution in [0.3, 0.4) is 0 Å². The number of esters is 1. The second kappa shape index (κ2) is 8.08. The Kier molecular flexibility index (Phi) is 5.34. The number of rotatable bonds is 4. The number of thiazole rings is 1. The molecule has 1 amide bonds. The fourth-order valence-electron chi connectivity index (χ4n) is 3.35. The van der Waals surface area contributed by atoms with Crippen molar-refractivity contribution in [2.75, 3.05) is 25.5 Å². The fourth-order valence-corrected chi connectivity index (χ4v) is 4.12. The Morgan fingerprint density at radius 1 is 1.24 bits per heavy atom. The normalized spacial score (nSPS) is 14.8. The summed E-state index contributed by atoms with van der Waals surface area (Å²) < 4.78 is 5.76. The summed E-state index contributed by atoms with van der Waals surface area (Å²) in [6, 6.07) is 1.74. The molecular weight excluding hydrogens is 392 g/mol. The third-order valence-corrected chi connectivity index (χ3v) is 5.77. The number of nitrogens with zero attached hydrogens (tertiary/aromatic N) is 5. The van der Waals surface area contributed by atoms with Crippen LogP contribution < -0.4 is 5.32 Å². The molecule has 29 heavy (non-hydrogen) atoms. The Morgan fingerprint density at radius 2 is 2.03 bits per heavy atom. The monoisotopic (exact) mass is 412 g/mol. The highest BCUT2D eigenvalue weighted by Gasteiger charge is 2.22. The van der Waals surface area contributed by atoms with Gasteiger partial charge in [0.2, 0.25) is 5.91 Å². The Hall–Kier alpha value is -3.14. The Morgan fingerprint density at radius 3 is 2.76 bits per heavy atom. The van der Waals surface area contributed by atoms with Crippen molar-refractivity contribution in [2.24, 2.45) is 0 Å². The van der Waals surface area contributed by atoms with Gasteiger partial charge in [0, 0.05) is 38.3 Å². The molecule has 0 aliphatic carbocycles. The number of hydrogen-bond acceptors (Lipinski definition) is 9. The van der Waals surface area contributed by atoms with Crippen molar-refractivity contribution in [3.63, 3.8) is 0 Å². The summed E-state index contributed by atoms with van der Waals surface area (Å²) in [5, 5.41) is 3.38. The third kappa shape index (κ3) is 4.02. The van der Waals surface area contributed by atoms with E-state index in [0.29, 0.717) is 30.3 Å². The van der Waals surface area contributed by atoms with Crippen LogP contribution in [0.15, 0.2) is 24.0 Å². The van der Waals surface area contributed by atoms with E-state index in [1.54, 1.807) is 30.9 Å². The van der Waals surface area contributed by atoms with Crippen molar-refractivity contribution in [3.05, 3.63) is 29.7 Å². The first kappa shape index (κ1) is 19.2. The standard InChI is InChI=1S/C19H20N6O3S/c1-11(26)25-5-3-12(4-6-25)22-16-7-14(19(27)28-2)23-18(24-16)13-8-20-9-15-17(13)29-10-21-15/h7-10,12H,3-6H2,1-2H3,(H,22,23,24). The van der Waals surface area contributed by atoms with Gasteiger partial charge >= 0.3 is 5.97 Å². The number of fused-ring (bicyclic) bond motifs is 1. The lowest BCUT2D eigenvalue weighted by Crippen LogP contribution is -2.41. The molecule has 3 aromatic heterocycles. The van der Waals surface area contributed by atoms with E-state index in [1.807, 2.05) is 4.90 Å². The number of anilines is 1. The molecule has 3 aromatic rings. The Balaban J connectivity index is 1.66. The summed E-state index contributed by atoms with van der Waals surface area (Å²) in [5.41, 5.74) is 3.38. The number of amides is 1. The van der Waals surface area contributed by atoms with E-state index in [9.17, 15) is 9.59 Å². The first-order valence-electron chi connectivity index (χ1n) is 9.22. The number of methoxy groups -OCH3 is 1. The SMILES string of the molecule is COC(=O)c1cc(NC2CCN(C(C)=O)CC2)nc(-c2cncc3ncsc23)n1. The van der Waals surface area contributed by atoms with Gasteiger partial charge in [-0.3, -0.25) is 9.78 Å². The number of carbonyl (C=O) groups is 2. The molecule has 4 rings (SSSR count). The molecule has 1 aliphatic rings. The molecule has 0 unspecified atom stereocenters. The van der Waals surface area contributed by atoms with E-state index in [0.717, 1.165) is 23.1 Å². The van der Waals surface area contributed by atoms with Crippen molar-refractivity contribution in [1.82, 2.24) is 24.8 Å². The largest absolute Gasteiger partial charge is 0.464 e. The molecular formula is C19H20N6O3S. The minimum absolute atomic E-state index is 0.0888. The van der Waals surface area contributed by atoms with Crippen LogP contribution in [0.5, 0.6) is 0 Å². The maximum atomic E-state index is 12.2. The van der Waals surface area contributed by atoms with Crippen molar-refractivity contribution in [1.29, 1.82) is 0 Å². The molecule has 4 heterocycles. The highest BCUT2D eigenvalue weighted by molar-refractivity contribution is 7.17. The predicted molar refractivity (Wildman–Crippen MR) is 109 cm³/mol. The quantitative estimate of drug-likeness (QED) is 0.650. The molecule has 9 nitrogen and oxygen atoms in total. The predicted octanol–water partition coefficient (Wildman–Crippen LogP) is 2.36. The summed E-state index contributed by atoms with van der Waals surface area (Å²) >= 11 is 1.47. The molecule has 10 heteroatoms. The summed E-state index contributed by atoms with van der Waals surface area (Å²) in [6.07, 6.45) is 4.96. The fraction of sp³-hybridized carbons (Fsp3) is 0.368. The van der Waals surface area contributed by atoms with E-state index >= 15 is 0 Å². The van der Waals surface area contributed by atoms with Crippen molar-refractivity contribution < 1.29 is 14.3 Å². The van der Waals surface area contributed by atoms with Crippen LogP contribution in [0.25, 0.3) is 21.6 Å². The molecule has 0 aromatic carbocycles. The second-order valence-corrected chi connectivity index (χ2v) is 7.62. The van der Waals surface area contributed by atoms with E-state index in [-0.39, 0.29) is 17.6 Å². The summed E-state index contributed by atoms with van der Waals surface area (Å²) in [6.45, 7) is 2.97. The summed E-state index contributed by atoms with van der Waals surface area (Å²) in [5.74, 6) is 0.482. The molecule has 0 spiro atoms. The van der Waals surface area contributed by atoms with Crippen LogP contribution in [0, 0.1) is 0 Å². The zero-order valence-electron chi connectivity index (χ0n) is 16.1. The molecule has 0 radical (unpaired) electrons. The maximum absolute atomic E-state index is 12.2. The van der Waals surface area contributed by atoms with E-state index in [2.05, 4.69) is 25.3 Å². The zero-order chi connectivity index (χ0) is 20.4. The average molecular weight is 412 g/mol. The van der Waals surface area contributed by atoms with Gasteiger partial charge in [-0.1, -0.05) is 0 Å². The van der Waals surface area contributed by atoms with E-state index in [1.165, 1.54) is 18.4 Å². The van der Waals surface area contributed by atoms with E-state index < -0.39 is 5.97 Å². The molecule has 0 saturated carbocycles. The molecule has 1 fully saturated rings. The van der Waals surface area contributed by atoms with Gasteiger partial charge in [0.1, 0.15) is 11.3 Å². The lowest BCUT2D eigenvalue weighted by atomic mass is 10.1. The van der Waals surface area contributed by atoms with Crippen LogP contribution in [0.4, 0.5) is 5.82 Å². The number of aromatic nitrogens is 4. The molecule has 0 atom stereocenters. The molecule has 150 valence electrons. The minimum Gasteiger partial charge on any atom is -0.464 e. The molecule has 1 saturated heterocycles. The minimum atomic E-state index is -0.535. The topological polar surface area (TPSA) is 110 Å². The smallest absolute Gasteiger partial charge is 0.356 e. The van der Waals surface area contributed by atoms with Crippen molar-refractivity contribution in [3.8, 4) is 11.4 Å². The number of ether oxygens (including phenoxy) is 1. The van der Waals surface area contributed by atoms with Gasteiger partial charge in [-0.25, -0.2) is 19.7 Å². The highest BCUT2D eigenvalue weighted by atomic mass is 32.1. The average Bonchev–Trinajstić information content (AvgIpc) is 3.22. The van der Waals surface area contributed by atoms with Gasteiger partial charge in [0.15, 0.2) is 11.5 Å². The van der Waals surface area contributed by atoms with Gasteiger partial charge in [-0.2, -0.15) is 0 Å². The number of piperidine rings is 1. The van der Waals surface area contributed by atoms with Crippen LogP contribution in [0.2, 0.25) is 0 Å². The van der Waals surface area contributed by atoms with Gasteiger partial charge in [-0.05, 0) is 12.8 Å². The maximum Gasteiger partial charge on any atom is 0.356 e. The van der Waals surface area contributed by atoms with Crippen molar-refractivity contribution in [2.45, 2.75) is 25.8 Å². The number of hydrogen-bond donors (Lipinski definition) is 1. The Labute approximate surface area is 171 Å². The summed E-state index contributed by atoms with van der Waals surface area (Å²) in [7, 11) is 1.32. The van der Waals surface area contributed by atoms with Crippen LogP contribution in [-0.4, -0.2) is 63.0 Å². The highest BCUT2D eigenvalue weighted by Crippen LogP contribution is 2.29. The number of carbonyl (C=O) groups excluding carboxylic acids is 2. The number of nitrogens with one attached hydrogen (secondary N) is 1. The van der Waals surface area contributed by atoms with Gasteiger partial charge in [-0.15, -0.1) is 11.3 Å². The first-order valence-corrected chi connectivity index (χ1v) is 10.1. The van der Waals surface area contributed by atoms with Gasteiger partial charge in [0.25, 0.3) is 0 Å². The van der Waals surface area contributed by atoms with Crippen LogP contribution >= 0.6 is 11.3 Å². The van der Waals surface area contributed by atoms with Crippen molar-refractivity contribution >= 4 is 39.2 Å². The molecule has 1 N–H and O–H groups in total.